The van der Waals surface area contributed by atoms with Gasteiger partial charge in [0.1, 0.15) is 28.8 Å². The van der Waals surface area contributed by atoms with E-state index in [-0.39, 0.29) is 64.0 Å². The molecule has 7 rings (SSSR count). The molecule has 0 fully saturated rings. The van der Waals surface area contributed by atoms with Crippen LogP contribution < -0.4 is 36.3 Å². The SMILES string of the molecule is Br.COc1ccc(C(=O)CN(C2=NCCS2)c2ccc(Cl)cc2)c(F)c1.COc1ccc(C2(O)CN(c3ccc(Cl)cc3)C3=[N+]2CCS3)c(F)c1.[Br-]. The molecule has 0 saturated heterocycles. The van der Waals surface area contributed by atoms with Gasteiger partial charge in [0.2, 0.25) is 0 Å². The number of hydrogen-bond donors (Lipinski definition) is 1. The summed E-state index contributed by atoms with van der Waals surface area (Å²) in [5.74, 6) is 1.11. The number of β-amino-alcohol motifs (C(OH)–C–C–N with tert-alkyl or cyclic N) is 1. The van der Waals surface area contributed by atoms with Crippen LogP contribution in [0.15, 0.2) is 89.9 Å². The molecule has 3 aliphatic heterocycles. The molecule has 0 saturated carbocycles. The van der Waals surface area contributed by atoms with Crippen molar-refractivity contribution in [2.75, 3.05) is 61.7 Å². The van der Waals surface area contributed by atoms with Gasteiger partial charge in [-0.1, -0.05) is 35.0 Å². The van der Waals surface area contributed by atoms with E-state index in [4.69, 9.17) is 32.7 Å². The topological polar surface area (TPSA) is 77.6 Å². The van der Waals surface area contributed by atoms with E-state index in [1.165, 1.54) is 32.4 Å². The van der Waals surface area contributed by atoms with Crippen molar-refractivity contribution in [3.05, 3.63) is 118 Å². The smallest absolute Gasteiger partial charge is 0.316 e. The third kappa shape index (κ3) is 9.08. The summed E-state index contributed by atoms with van der Waals surface area (Å²) in [6.07, 6.45) is 0. The molecule has 1 N–H and O–H groups in total. The van der Waals surface area contributed by atoms with Crippen LogP contribution in [0.1, 0.15) is 15.9 Å². The van der Waals surface area contributed by atoms with E-state index in [0.29, 0.717) is 34.6 Å². The molecule has 16 heteroatoms. The molecule has 3 aliphatic rings. The van der Waals surface area contributed by atoms with Gasteiger partial charge >= 0.3 is 5.17 Å². The Bertz CT molecular complexity index is 1960. The first-order valence-electron chi connectivity index (χ1n) is 15.6. The molecule has 0 aromatic heterocycles. The summed E-state index contributed by atoms with van der Waals surface area (Å²) in [5.41, 5.74) is 0.575. The van der Waals surface area contributed by atoms with E-state index in [9.17, 15) is 18.7 Å². The molecule has 0 aliphatic carbocycles. The number of thioether (sulfide) groups is 2. The molecule has 3 heterocycles. The van der Waals surface area contributed by atoms with Gasteiger partial charge < -0.3 is 36.5 Å². The minimum absolute atomic E-state index is 0. The summed E-state index contributed by atoms with van der Waals surface area (Å²) in [6, 6.07) is 23.4. The maximum atomic E-state index is 14.7. The van der Waals surface area contributed by atoms with E-state index >= 15 is 0 Å². The largest absolute Gasteiger partial charge is 1.00 e. The number of anilines is 2. The van der Waals surface area contributed by atoms with Crippen molar-refractivity contribution in [2.45, 2.75) is 5.72 Å². The van der Waals surface area contributed by atoms with Crippen LogP contribution in [0.5, 0.6) is 11.5 Å². The number of halogens is 6. The molecule has 0 radical (unpaired) electrons. The number of amidine groups is 2. The molecule has 0 bridgehead atoms. The van der Waals surface area contributed by atoms with E-state index in [1.807, 2.05) is 45.9 Å². The second-order valence-electron chi connectivity index (χ2n) is 11.4. The van der Waals surface area contributed by atoms with Crippen LogP contribution in [0, 0.1) is 11.6 Å². The fraction of sp³-hybridized carbons (Fsp3) is 0.250. The summed E-state index contributed by atoms with van der Waals surface area (Å²) >= 11 is 15.2. The quantitative estimate of drug-likeness (QED) is 0.193. The number of hydrogen-bond acceptors (Lipinski definition) is 9. The van der Waals surface area contributed by atoms with Crippen LogP contribution in [0.4, 0.5) is 20.2 Å². The third-order valence-corrected chi connectivity index (χ3v) is 10.9. The van der Waals surface area contributed by atoms with Crippen molar-refractivity contribution >= 4 is 91.2 Å². The number of carbonyl (C=O) groups is 1. The Hall–Kier alpha value is -2.85. The molecule has 4 aromatic carbocycles. The third-order valence-electron chi connectivity index (χ3n) is 8.30. The number of ketones is 1. The second-order valence-corrected chi connectivity index (χ2v) is 14.3. The molecular weight excluding hydrogens is 885 g/mol. The van der Waals surface area contributed by atoms with E-state index in [1.54, 1.807) is 58.8 Å². The van der Waals surface area contributed by atoms with Gasteiger partial charge in [-0.25, -0.2) is 18.3 Å². The van der Waals surface area contributed by atoms with Crippen LogP contribution in [-0.2, 0) is 5.72 Å². The van der Waals surface area contributed by atoms with E-state index in [2.05, 4.69) is 4.99 Å². The van der Waals surface area contributed by atoms with Crippen molar-refractivity contribution < 1.29 is 49.7 Å². The number of Topliss-reactive ketones (excluding diaryl/α,β-unsaturated/α-hetero) is 1. The minimum Gasteiger partial charge on any atom is -1.00 e. The van der Waals surface area contributed by atoms with Crippen molar-refractivity contribution in [1.29, 1.82) is 0 Å². The Morgan fingerprint density at radius 2 is 1.54 bits per heavy atom. The fourth-order valence-corrected chi connectivity index (χ4v) is 8.10. The molecule has 8 nitrogen and oxygen atoms in total. The number of nitrogens with zero attached hydrogens (tertiary/aromatic N) is 4. The molecular formula is C36H34Br2Cl2F2N4O4S2. The maximum Gasteiger partial charge on any atom is 0.316 e. The van der Waals surface area contributed by atoms with Crippen molar-refractivity contribution in [3.63, 3.8) is 0 Å². The molecule has 276 valence electrons. The Balaban J connectivity index is 0.000000224. The average molecular weight is 920 g/mol. The average Bonchev–Trinajstić information content (AvgIpc) is 3.89. The standard InChI is InChI=1S/C18H17ClFN2O2S.C18H16ClFN2O2S.2BrH/c1-24-14-6-7-15(16(20)10-14)18(23)11-21(17-22(18)8-9-25-17)13-4-2-12(19)3-5-13;1-24-14-6-7-15(16(20)10-14)17(23)11-22(18-21-8-9-25-18)13-4-2-12(19)3-5-13;;/h2-7,10,23H,8-9,11H2,1H3;2-7,10H,8-9,11H2,1H3;2*1H/q+1;;;/p-1. The Morgan fingerprint density at radius 1 is 0.923 bits per heavy atom. The fourth-order valence-electron chi connectivity index (χ4n) is 5.80. The van der Waals surface area contributed by atoms with Crippen molar-refractivity contribution in [3.8, 4) is 11.5 Å². The van der Waals surface area contributed by atoms with E-state index < -0.39 is 17.4 Å². The summed E-state index contributed by atoms with van der Waals surface area (Å²) in [4.78, 5) is 20.9. The summed E-state index contributed by atoms with van der Waals surface area (Å²) < 4.78 is 40.8. The molecule has 0 amide bonds. The summed E-state index contributed by atoms with van der Waals surface area (Å²) in [7, 11) is 2.94. The number of ether oxygens (including phenoxy) is 2. The molecule has 0 spiro atoms. The lowest BCUT2D eigenvalue weighted by Crippen LogP contribution is -3.00. The first kappa shape index (κ1) is 41.9. The second kappa shape index (κ2) is 18.5. The van der Waals surface area contributed by atoms with Crippen LogP contribution in [0.3, 0.4) is 0 Å². The number of rotatable bonds is 8. The molecule has 4 aromatic rings. The van der Waals surface area contributed by atoms with Crippen molar-refractivity contribution in [1.82, 2.24) is 0 Å². The van der Waals surface area contributed by atoms with Gasteiger partial charge in [0, 0.05) is 39.4 Å². The van der Waals surface area contributed by atoms with Crippen LogP contribution >= 0.6 is 63.7 Å². The zero-order valence-corrected chi connectivity index (χ0v) is 34.3. The van der Waals surface area contributed by atoms with Gasteiger partial charge in [-0.2, -0.15) is 0 Å². The zero-order valence-electron chi connectivity index (χ0n) is 27.9. The van der Waals surface area contributed by atoms with Gasteiger partial charge in [-0.3, -0.25) is 9.79 Å². The predicted molar refractivity (Wildman–Crippen MR) is 209 cm³/mol. The number of aliphatic hydroxyl groups is 1. The lowest BCUT2D eigenvalue weighted by molar-refractivity contribution is -0.651. The van der Waals surface area contributed by atoms with Gasteiger partial charge in [0.05, 0.1) is 45.0 Å². The lowest BCUT2D eigenvalue weighted by atomic mass is 10.0. The van der Waals surface area contributed by atoms with Gasteiger partial charge in [-0.15, -0.1) is 17.0 Å². The van der Waals surface area contributed by atoms with Crippen LogP contribution in [0.25, 0.3) is 0 Å². The highest BCUT2D eigenvalue weighted by Gasteiger charge is 2.55. The van der Waals surface area contributed by atoms with E-state index in [0.717, 1.165) is 33.2 Å². The van der Waals surface area contributed by atoms with Crippen molar-refractivity contribution in [2.24, 2.45) is 4.99 Å². The first-order valence-corrected chi connectivity index (χ1v) is 18.3. The van der Waals surface area contributed by atoms with Gasteiger partial charge in [0.25, 0.3) is 5.72 Å². The monoisotopic (exact) mass is 916 g/mol. The molecule has 52 heavy (non-hydrogen) atoms. The normalized spacial score (nSPS) is 17.3. The Kier molecular flexibility index (Phi) is 14.9. The summed E-state index contributed by atoms with van der Waals surface area (Å²) in [5, 5.41) is 14.4. The number of methoxy groups -OCH3 is 2. The summed E-state index contributed by atoms with van der Waals surface area (Å²) in [6.45, 7) is 1.61. The highest BCUT2D eigenvalue weighted by molar-refractivity contribution is 8.93. The van der Waals surface area contributed by atoms with Gasteiger partial charge in [-0.05, 0) is 84.6 Å². The highest BCUT2D eigenvalue weighted by Crippen LogP contribution is 2.40. The number of benzene rings is 4. The van der Waals surface area contributed by atoms with Crippen LogP contribution in [0.2, 0.25) is 10.0 Å². The number of carbonyl (C=O) groups excluding carboxylic acids is 1. The minimum atomic E-state index is -1.42. The van der Waals surface area contributed by atoms with Gasteiger partial charge in [0.15, 0.2) is 17.5 Å². The maximum absolute atomic E-state index is 14.7. The number of aliphatic imine (C=N–C) groups is 1. The molecule has 1 unspecified atom stereocenters. The first-order chi connectivity index (χ1) is 24.1. The molecule has 1 atom stereocenters. The Labute approximate surface area is 340 Å². The van der Waals surface area contributed by atoms with Crippen LogP contribution in [-0.4, -0.2) is 77.7 Å². The Morgan fingerprint density at radius 3 is 2.12 bits per heavy atom. The zero-order chi connectivity index (χ0) is 35.4. The lowest BCUT2D eigenvalue weighted by Gasteiger charge is -2.23. The highest BCUT2D eigenvalue weighted by atomic mass is 79.9. The predicted octanol–water partition coefficient (Wildman–Crippen LogP) is 5.13.